The fraction of sp³-hybridized carbons (Fsp3) is 1.00. The largest absolute Gasteiger partial charge is 0.347 e. The minimum atomic E-state index is -0.392. The van der Waals surface area contributed by atoms with E-state index in [0.717, 1.165) is 12.8 Å². The second-order valence-corrected chi connectivity index (χ2v) is 4.93. The Labute approximate surface area is 81.6 Å². The molecule has 0 spiro atoms. The summed E-state index contributed by atoms with van der Waals surface area (Å²) in [5.41, 5.74) is 0. The van der Waals surface area contributed by atoms with Crippen LogP contribution in [0.15, 0.2) is 0 Å². The first-order chi connectivity index (χ1) is 5.89. The fourth-order valence-electron chi connectivity index (χ4n) is 2.05. The molecule has 0 unspecified atom stereocenters. The number of hydrogen-bond donors (Lipinski definition) is 0. The molecule has 1 rings (SSSR count). The van der Waals surface area contributed by atoms with Crippen molar-refractivity contribution in [1.29, 1.82) is 0 Å². The molecular weight excluding hydrogens is 164 g/mol. The Morgan fingerprint density at radius 3 is 2.38 bits per heavy atom. The third-order valence-electron chi connectivity index (χ3n) is 2.26. The quantitative estimate of drug-likeness (QED) is 0.660. The van der Waals surface area contributed by atoms with E-state index in [9.17, 15) is 0 Å². The molecule has 1 fully saturated rings. The summed E-state index contributed by atoms with van der Waals surface area (Å²) < 4.78 is 11.5. The molecule has 0 N–H and O–H groups in total. The zero-order valence-electron chi connectivity index (χ0n) is 9.46. The van der Waals surface area contributed by atoms with Gasteiger partial charge in [0.15, 0.2) is 5.79 Å². The number of rotatable bonds is 2. The van der Waals surface area contributed by atoms with Crippen LogP contribution in [0.5, 0.6) is 0 Å². The zero-order chi connectivity index (χ0) is 10.1. The standard InChI is InChI=1S/C11H22O2/c1-8(2)6-10-7-9(3)12-11(4,5)13-10/h8-10H,6-7H2,1-5H3/t9-,10-/m1/s1. The molecule has 0 aromatic carbocycles. The van der Waals surface area contributed by atoms with E-state index in [2.05, 4.69) is 20.8 Å². The molecule has 1 aliphatic rings. The van der Waals surface area contributed by atoms with Gasteiger partial charge in [-0.15, -0.1) is 0 Å². The second-order valence-electron chi connectivity index (χ2n) is 4.93. The van der Waals surface area contributed by atoms with Gasteiger partial charge in [-0.25, -0.2) is 0 Å². The predicted octanol–water partition coefficient (Wildman–Crippen LogP) is 2.96. The van der Waals surface area contributed by atoms with Crippen molar-refractivity contribution in [1.82, 2.24) is 0 Å². The van der Waals surface area contributed by atoms with Gasteiger partial charge in [0.05, 0.1) is 12.2 Å². The maximum atomic E-state index is 5.83. The van der Waals surface area contributed by atoms with Crippen molar-refractivity contribution in [2.75, 3.05) is 0 Å². The minimum absolute atomic E-state index is 0.326. The molecule has 2 atom stereocenters. The lowest BCUT2D eigenvalue weighted by molar-refractivity contribution is -0.297. The van der Waals surface area contributed by atoms with Crippen LogP contribution in [0.3, 0.4) is 0 Å². The molecule has 0 saturated carbocycles. The molecule has 0 aliphatic carbocycles. The smallest absolute Gasteiger partial charge is 0.163 e. The third kappa shape index (κ3) is 3.65. The van der Waals surface area contributed by atoms with E-state index >= 15 is 0 Å². The van der Waals surface area contributed by atoms with Crippen molar-refractivity contribution in [2.24, 2.45) is 5.92 Å². The fourth-order valence-corrected chi connectivity index (χ4v) is 2.05. The van der Waals surface area contributed by atoms with Gasteiger partial charge in [0.25, 0.3) is 0 Å². The van der Waals surface area contributed by atoms with Gasteiger partial charge in [-0.05, 0) is 39.5 Å². The average molecular weight is 186 g/mol. The van der Waals surface area contributed by atoms with Crippen LogP contribution < -0.4 is 0 Å². The summed E-state index contributed by atoms with van der Waals surface area (Å²) in [6.45, 7) is 10.6. The molecule has 1 saturated heterocycles. The topological polar surface area (TPSA) is 18.5 Å². The highest BCUT2D eigenvalue weighted by molar-refractivity contribution is 4.74. The Balaban J connectivity index is 2.48. The molecule has 2 nitrogen and oxygen atoms in total. The molecule has 1 aliphatic heterocycles. The average Bonchev–Trinajstić information content (AvgIpc) is 1.78. The molecule has 0 amide bonds. The van der Waals surface area contributed by atoms with Crippen molar-refractivity contribution in [3.05, 3.63) is 0 Å². The molecule has 0 aromatic rings. The highest BCUT2D eigenvalue weighted by Gasteiger charge is 2.33. The summed E-state index contributed by atoms with van der Waals surface area (Å²) in [4.78, 5) is 0. The van der Waals surface area contributed by atoms with E-state index in [1.54, 1.807) is 0 Å². The maximum Gasteiger partial charge on any atom is 0.163 e. The van der Waals surface area contributed by atoms with Gasteiger partial charge in [0.2, 0.25) is 0 Å². The first-order valence-corrected chi connectivity index (χ1v) is 5.24. The highest BCUT2D eigenvalue weighted by atomic mass is 16.7. The van der Waals surface area contributed by atoms with Crippen LogP contribution in [0, 0.1) is 5.92 Å². The summed E-state index contributed by atoms with van der Waals surface area (Å²) in [5, 5.41) is 0. The van der Waals surface area contributed by atoms with Gasteiger partial charge in [-0.3, -0.25) is 0 Å². The molecule has 2 heteroatoms. The lowest BCUT2D eigenvalue weighted by Crippen LogP contribution is -2.43. The van der Waals surface area contributed by atoms with Crippen LogP contribution in [0.25, 0.3) is 0 Å². The van der Waals surface area contributed by atoms with E-state index in [-0.39, 0.29) is 0 Å². The first kappa shape index (κ1) is 11.0. The van der Waals surface area contributed by atoms with Gasteiger partial charge in [0.1, 0.15) is 0 Å². The van der Waals surface area contributed by atoms with Crippen LogP contribution in [-0.4, -0.2) is 18.0 Å². The normalized spacial score (nSPS) is 33.7. The second kappa shape index (κ2) is 3.97. The number of ether oxygens (including phenoxy) is 2. The Kier molecular flexibility index (Phi) is 3.36. The van der Waals surface area contributed by atoms with E-state index < -0.39 is 5.79 Å². The predicted molar refractivity (Wildman–Crippen MR) is 53.6 cm³/mol. The van der Waals surface area contributed by atoms with Crippen LogP contribution >= 0.6 is 0 Å². The summed E-state index contributed by atoms with van der Waals surface area (Å²) >= 11 is 0. The minimum Gasteiger partial charge on any atom is -0.347 e. The van der Waals surface area contributed by atoms with Gasteiger partial charge in [-0.1, -0.05) is 13.8 Å². The molecule has 78 valence electrons. The molecule has 0 aromatic heterocycles. The summed E-state index contributed by atoms with van der Waals surface area (Å²) in [6.07, 6.45) is 2.87. The first-order valence-electron chi connectivity index (χ1n) is 5.24. The Morgan fingerprint density at radius 1 is 1.31 bits per heavy atom. The lowest BCUT2D eigenvalue weighted by atomic mass is 10.00. The Bertz CT molecular complexity index is 161. The van der Waals surface area contributed by atoms with Gasteiger partial charge < -0.3 is 9.47 Å². The van der Waals surface area contributed by atoms with Crippen LogP contribution in [0.1, 0.15) is 47.5 Å². The maximum absolute atomic E-state index is 5.83. The zero-order valence-corrected chi connectivity index (χ0v) is 9.46. The molecule has 1 heterocycles. The van der Waals surface area contributed by atoms with E-state index in [4.69, 9.17) is 9.47 Å². The number of hydrogen-bond acceptors (Lipinski definition) is 2. The van der Waals surface area contributed by atoms with Gasteiger partial charge >= 0.3 is 0 Å². The third-order valence-corrected chi connectivity index (χ3v) is 2.26. The van der Waals surface area contributed by atoms with E-state index in [1.165, 1.54) is 0 Å². The highest BCUT2D eigenvalue weighted by Crippen LogP contribution is 2.29. The Morgan fingerprint density at radius 2 is 1.92 bits per heavy atom. The molecular formula is C11H22O2. The summed E-state index contributed by atoms with van der Waals surface area (Å²) in [7, 11) is 0. The Hall–Kier alpha value is -0.0800. The molecule has 0 radical (unpaired) electrons. The van der Waals surface area contributed by atoms with Crippen LogP contribution in [-0.2, 0) is 9.47 Å². The SMILES string of the molecule is CC(C)C[C@@H]1C[C@@H](C)OC(C)(C)O1. The van der Waals surface area contributed by atoms with Crippen molar-refractivity contribution in [3.63, 3.8) is 0 Å². The van der Waals surface area contributed by atoms with Gasteiger partial charge in [0, 0.05) is 0 Å². The van der Waals surface area contributed by atoms with Crippen molar-refractivity contribution < 1.29 is 9.47 Å². The van der Waals surface area contributed by atoms with Gasteiger partial charge in [-0.2, -0.15) is 0 Å². The van der Waals surface area contributed by atoms with Crippen molar-refractivity contribution in [3.8, 4) is 0 Å². The summed E-state index contributed by atoms with van der Waals surface area (Å²) in [6, 6.07) is 0. The monoisotopic (exact) mass is 186 g/mol. The lowest BCUT2D eigenvalue weighted by Gasteiger charge is -2.40. The van der Waals surface area contributed by atoms with E-state index in [0.29, 0.717) is 18.1 Å². The van der Waals surface area contributed by atoms with Crippen LogP contribution in [0.4, 0.5) is 0 Å². The summed E-state index contributed by atoms with van der Waals surface area (Å²) in [5.74, 6) is 0.308. The molecule has 13 heavy (non-hydrogen) atoms. The van der Waals surface area contributed by atoms with Crippen molar-refractivity contribution in [2.45, 2.75) is 65.5 Å². The van der Waals surface area contributed by atoms with Crippen molar-refractivity contribution >= 4 is 0 Å². The molecule has 0 bridgehead atoms. The van der Waals surface area contributed by atoms with E-state index in [1.807, 2.05) is 13.8 Å². The van der Waals surface area contributed by atoms with Crippen LogP contribution in [0.2, 0.25) is 0 Å².